The standard InChI is InChI=1S/C11H11ClN2OS/c1-3-9(15)13-11-14-10-6(2)4-7(12)5-8(10)16-11/h4-5H,3H2,1-2H3,(H,13,14,15). The monoisotopic (exact) mass is 254 g/mol. The number of benzene rings is 1. The Kier molecular flexibility index (Phi) is 3.12. The fraction of sp³-hybridized carbons (Fsp3) is 0.273. The van der Waals surface area contributed by atoms with Crippen molar-refractivity contribution >= 4 is 44.2 Å². The molecule has 0 saturated carbocycles. The summed E-state index contributed by atoms with van der Waals surface area (Å²) in [6.07, 6.45) is 0.454. The van der Waals surface area contributed by atoms with Crippen LogP contribution in [0.2, 0.25) is 5.02 Å². The molecule has 0 radical (unpaired) electrons. The summed E-state index contributed by atoms with van der Waals surface area (Å²) in [6, 6.07) is 3.73. The molecule has 0 fully saturated rings. The first-order chi connectivity index (χ1) is 7.60. The molecule has 84 valence electrons. The lowest BCUT2D eigenvalue weighted by atomic mass is 10.2. The average molecular weight is 255 g/mol. The topological polar surface area (TPSA) is 42.0 Å². The number of rotatable bonds is 2. The highest BCUT2D eigenvalue weighted by molar-refractivity contribution is 7.22. The van der Waals surface area contributed by atoms with Crippen LogP contribution in [-0.4, -0.2) is 10.9 Å². The lowest BCUT2D eigenvalue weighted by Crippen LogP contribution is -2.08. The number of aryl methyl sites for hydroxylation is 1. The number of nitrogens with zero attached hydrogens (tertiary/aromatic N) is 1. The zero-order valence-corrected chi connectivity index (χ0v) is 10.6. The summed E-state index contributed by atoms with van der Waals surface area (Å²) < 4.78 is 0.997. The number of anilines is 1. The first-order valence-corrected chi connectivity index (χ1v) is 6.16. The smallest absolute Gasteiger partial charge is 0.225 e. The van der Waals surface area contributed by atoms with Crippen molar-refractivity contribution in [3.63, 3.8) is 0 Å². The van der Waals surface area contributed by atoms with E-state index in [1.54, 1.807) is 0 Å². The van der Waals surface area contributed by atoms with E-state index in [0.29, 0.717) is 16.6 Å². The predicted octanol–water partition coefficient (Wildman–Crippen LogP) is 3.61. The van der Waals surface area contributed by atoms with E-state index in [1.807, 2.05) is 26.0 Å². The van der Waals surface area contributed by atoms with Gasteiger partial charge in [-0.05, 0) is 24.6 Å². The number of carbonyl (C=O) groups excluding carboxylic acids is 1. The van der Waals surface area contributed by atoms with Crippen molar-refractivity contribution in [1.82, 2.24) is 4.98 Å². The minimum Gasteiger partial charge on any atom is -0.302 e. The summed E-state index contributed by atoms with van der Waals surface area (Å²) in [7, 11) is 0. The molecule has 0 unspecified atom stereocenters. The van der Waals surface area contributed by atoms with E-state index in [1.165, 1.54) is 11.3 Å². The van der Waals surface area contributed by atoms with Crippen LogP contribution in [0.15, 0.2) is 12.1 Å². The van der Waals surface area contributed by atoms with Gasteiger partial charge in [0.2, 0.25) is 5.91 Å². The molecular weight excluding hydrogens is 244 g/mol. The fourth-order valence-corrected chi connectivity index (χ4v) is 2.75. The van der Waals surface area contributed by atoms with Crippen molar-refractivity contribution in [2.45, 2.75) is 20.3 Å². The van der Waals surface area contributed by atoms with Crippen molar-refractivity contribution < 1.29 is 4.79 Å². The van der Waals surface area contributed by atoms with Gasteiger partial charge >= 0.3 is 0 Å². The quantitative estimate of drug-likeness (QED) is 0.890. The summed E-state index contributed by atoms with van der Waals surface area (Å²) in [5, 5.41) is 4.08. The molecule has 1 heterocycles. The number of hydrogen-bond donors (Lipinski definition) is 1. The Labute approximate surface area is 102 Å². The maximum Gasteiger partial charge on any atom is 0.225 e. The molecule has 1 aromatic carbocycles. The second kappa shape index (κ2) is 4.39. The van der Waals surface area contributed by atoms with Crippen molar-refractivity contribution in [1.29, 1.82) is 0 Å². The first-order valence-electron chi connectivity index (χ1n) is 4.96. The number of aromatic nitrogens is 1. The van der Waals surface area contributed by atoms with Gasteiger partial charge in [-0.2, -0.15) is 0 Å². The van der Waals surface area contributed by atoms with Gasteiger partial charge in [0, 0.05) is 11.4 Å². The third-order valence-electron chi connectivity index (χ3n) is 2.22. The van der Waals surface area contributed by atoms with Crippen molar-refractivity contribution in [3.05, 3.63) is 22.7 Å². The molecule has 0 aliphatic carbocycles. The Morgan fingerprint density at radius 2 is 2.31 bits per heavy atom. The third kappa shape index (κ3) is 2.18. The number of thiazole rings is 1. The number of nitrogens with one attached hydrogen (secondary N) is 1. The molecular formula is C11H11ClN2OS. The van der Waals surface area contributed by atoms with Gasteiger partial charge in [-0.15, -0.1) is 0 Å². The average Bonchev–Trinajstić information content (AvgIpc) is 2.60. The molecule has 0 aliphatic heterocycles. The molecule has 3 nitrogen and oxygen atoms in total. The maximum atomic E-state index is 11.2. The number of fused-ring (bicyclic) bond motifs is 1. The second-order valence-corrected chi connectivity index (χ2v) is 4.96. The molecule has 16 heavy (non-hydrogen) atoms. The lowest BCUT2D eigenvalue weighted by Gasteiger charge is -1.95. The van der Waals surface area contributed by atoms with Gasteiger partial charge in [-0.1, -0.05) is 29.9 Å². The van der Waals surface area contributed by atoms with Gasteiger partial charge in [-0.3, -0.25) is 4.79 Å². The number of hydrogen-bond acceptors (Lipinski definition) is 3. The van der Waals surface area contributed by atoms with Crippen LogP contribution in [0, 0.1) is 6.92 Å². The van der Waals surface area contributed by atoms with Crippen molar-refractivity contribution in [3.8, 4) is 0 Å². The zero-order chi connectivity index (χ0) is 11.7. The molecule has 0 atom stereocenters. The Hall–Kier alpha value is -1.13. The maximum absolute atomic E-state index is 11.2. The number of halogens is 1. The molecule has 0 aliphatic rings. The normalized spacial score (nSPS) is 10.7. The van der Waals surface area contributed by atoms with E-state index in [0.717, 1.165) is 15.8 Å². The Morgan fingerprint density at radius 3 is 3.00 bits per heavy atom. The molecule has 0 bridgehead atoms. The molecule has 2 rings (SSSR count). The Bertz CT molecular complexity index is 550. The highest BCUT2D eigenvalue weighted by Crippen LogP contribution is 2.30. The molecule has 1 N–H and O–H groups in total. The molecule has 5 heteroatoms. The summed E-state index contributed by atoms with van der Waals surface area (Å²) in [6.45, 7) is 3.77. The summed E-state index contributed by atoms with van der Waals surface area (Å²) in [5.41, 5.74) is 1.93. The van der Waals surface area contributed by atoms with Gasteiger partial charge in [0.1, 0.15) is 0 Å². The van der Waals surface area contributed by atoms with Crippen LogP contribution in [0.3, 0.4) is 0 Å². The highest BCUT2D eigenvalue weighted by atomic mass is 35.5. The number of amides is 1. The van der Waals surface area contributed by atoms with Crippen LogP contribution in [0.25, 0.3) is 10.2 Å². The van der Waals surface area contributed by atoms with Gasteiger partial charge in [0.05, 0.1) is 10.2 Å². The van der Waals surface area contributed by atoms with E-state index in [-0.39, 0.29) is 5.91 Å². The summed E-state index contributed by atoms with van der Waals surface area (Å²) in [5.74, 6) is -0.0252. The van der Waals surface area contributed by atoms with E-state index in [4.69, 9.17) is 11.6 Å². The van der Waals surface area contributed by atoms with E-state index < -0.39 is 0 Å². The zero-order valence-electron chi connectivity index (χ0n) is 9.00. The van der Waals surface area contributed by atoms with E-state index in [2.05, 4.69) is 10.3 Å². The third-order valence-corrected chi connectivity index (χ3v) is 3.35. The molecule has 0 spiro atoms. The number of carbonyl (C=O) groups is 1. The fourth-order valence-electron chi connectivity index (χ4n) is 1.42. The van der Waals surface area contributed by atoms with Crippen molar-refractivity contribution in [2.75, 3.05) is 5.32 Å². The molecule has 2 aromatic rings. The Morgan fingerprint density at radius 1 is 1.56 bits per heavy atom. The molecule has 1 aromatic heterocycles. The summed E-state index contributed by atoms with van der Waals surface area (Å²) >= 11 is 7.40. The minimum absolute atomic E-state index is 0.0252. The van der Waals surface area contributed by atoms with Gasteiger partial charge < -0.3 is 5.32 Å². The Balaban J connectivity index is 2.44. The van der Waals surface area contributed by atoms with Crippen LogP contribution in [0.5, 0.6) is 0 Å². The second-order valence-electron chi connectivity index (χ2n) is 3.49. The van der Waals surface area contributed by atoms with Crippen LogP contribution in [-0.2, 0) is 4.79 Å². The summed E-state index contributed by atoms with van der Waals surface area (Å²) in [4.78, 5) is 15.6. The molecule has 1 amide bonds. The lowest BCUT2D eigenvalue weighted by molar-refractivity contribution is -0.115. The first kappa shape index (κ1) is 11.4. The van der Waals surface area contributed by atoms with Crippen molar-refractivity contribution in [2.24, 2.45) is 0 Å². The van der Waals surface area contributed by atoms with Gasteiger partial charge in [0.25, 0.3) is 0 Å². The minimum atomic E-state index is -0.0252. The van der Waals surface area contributed by atoms with E-state index >= 15 is 0 Å². The van der Waals surface area contributed by atoms with Crippen LogP contribution in [0.4, 0.5) is 5.13 Å². The SMILES string of the molecule is CCC(=O)Nc1nc2c(C)cc(Cl)cc2s1. The van der Waals surface area contributed by atoms with Crippen LogP contribution in [0.1, 0.15) is 18.9 Å². The van der Waals surface area contributed by atoms with E-state index in [9.17, 15) is 4.79 Å². The molecule has 0 saturated heterocycles. The largest absolute Gasteiger partial charge is 0.302 e. The predicted molar refractivity (Wildman–Crippen MR) is 68.3 cm³/mol. The van der Waals surface area contributed by atoms with Crippen LogP contribution >= 0.6 is 22.9 Å². The van der Waals surface area contributed by atoms with Crippen LogP contribution < -0.4 is 5.32 Å². The highest BCUT2D eigenvalue weighted by Gasteiger charge is 2.08. The van der Waals surface area contributed by atoms with Gasteiger partial charge in [-0.25, -0.2) is 4.98 Å². The van der Waals surface area contributed by atoms with Gasteiger partial charge in [0.15, 0.2) is 5.13 Å².